The van der Waals surface area contributed by atoms with Crippen molar-refractivity contribution in [2.24, 2.45) is 10.8 Å². The summed E-state index contributed by atoms with van der Waals surface area (Å²) in [5, 5.41) is 18.7. The predicted molar refractivity (Wildman–Crippen MR) is 126 cm³/mol. The first-order valence-corrected chi connectivity index (χ1v) is 12.3. The van der Waals surface area contributed by atoms with Crippen LogP contribution in [0.4, 0.5) is 17.6 Å². The zero-order valence-corrected chi connectivity index (χ0v) is 20.5. The SMILES string of the molecule is O=C(NCc1ccnc(C(F)(F)F)c1)c1cc(C(=O)NCC23CCC(C(=O)O)(CC2)CC3)n2ncc(F)c2n1. The number of alkyl halides is 3. The van der Waals surface area contributed by atoms with Crippen LogP contribution < -0.4 is 10.6 Å². The summed E-state index contributed by atoms with van der Waals surface area (Å²) in [6.45, 7) is -0.0128. The molecule has 2 bridgehead atoms. The quantitative estimate of drug-likeness (QED) is 0.385. The molecule has 3 N–H and O–H groups in total. The van der Waals surface area contributed by atoms with Gasteiger partial charge < -0.3 is 15.7 Å². The molecule has 0 saturated heterocycles. The lowest BCUT2D eigenvalue weighted by molar-refractivity contribution is -0.158. The van der Waals surface area contributed by atoms with E-state index in [1.807, 2.05) is 0 Å². The number of hydrogen-bond acceptors (Lipinski definition) is 6. The van der Waals surface area contributed by atoms with Gasteiger partial charge in [0.1, 0.15) is 17.1 Å². The Bertz CT molecular complexity index is 1450. The Morgan fingerprint density at radius 1 is 1.03 bits per heavy atom. The fraction of sp³-hybridized carbons (Fsp3) is 0.440. The molecule has 0 atom stereocenters. The molecule has 0 aliphatic heterocycles. The molecule has 14 heteroatoms. The molecule has 3 heterocycles. The zero-order valence-electron chi connectivity index (χ0n) is 20.5. The number of hydrogen-bond donors (Lipinski definition) is 3. The molecule has 0 radical (unpaired) electrons. The van der Waals surface area contributed by atoms with Crippen LogP contribution in [0, 0.1) is 16.6 Å². The number of aromatic nitrogens is 4. The summed E-state index contributed by atoms with van der Waals surface area (Å²) in [5.41, 5.74) is -2.76. The van der Waals surface area contributed by atoms with Gasteiger partial charge in [-0.1, -0.05) is 0 Å². The van der Waals surface area contributed by atoms with Crippen molar-refractivity contribution in [1.82, 2.24) is 30.2 Å². The summed E-state index contributed by atoms with van der Waals surface area (Å²) in [4.78, 5) is 44.9. The van der Waals surface area contributed by atoms with Gasteiger partial charge in [-0.2, -0.15) is 18.3 Å². The minimum Gasteiger partial charge on any atom is -0.481 e. The van der Waals surface area contributed by atoms with Crippen LogP contribution in [0.25, 0.3) is 5.65 Å². The number of carbonyl (C=O) groups is 3. The van der Waals surface area contributed by atoms with E-state index in [9.17, 15) is 37.1 Å². The lowest BCUT2D eigenvalue weighted by atomic mass is 9.53. The average molecular weight is 548 g/mol. The van der Waals surface area contributed by atoms with Gasteiger partial charge in [-0.25, -0.2) is 13.9 Å². The molecule has 6 rings (SSSR count). The van der Waals surface area contributed by atoms with Gasteiger partial charge in [-0.05, 0) is 61.6 Å². The Morgan fingerprint density at radius 2 is 1.72 bits per heavy atom. The van der Waals surface area contributed by atoms with Gasteiger partial charge in [0, 0.05) is 25.4 Å². The monoisotopic (exact) mass is 548 g/mol. The molecule has 2 amide bonds. The molecular formula is C25H24F4N6O4. The van der Waals surface area contributed by atoms with E-state index in [1.165, 1.54) is 6.07 Å². The maximum absolute atomic E-state index is 14.4. The van der Waals surface area contributed by atoms with Gasteiger partial charge in [0.2, 0.25) is 0 Å². The van der Waals surface area contributed by atoms with E-state index in [1.54, 1.807) is 0 Å². The number of carboxylic acids is 1. The molecule has 0 aromatic carbocycles. The van der Waals surface area contributed by atoms with Crippen molar-refractivity contribution in [2.45, 2.75) is 51.2 Å². The number of aliphatic carboxylic acids is 1. The highest BCUT2D eigenvalue weighted by molar-refractivity contribution is 5.98. The molecule has 3 fully saturated rings. The Kier molecular flexibility index (Phi) is 6.51. The van der Waals surface area contributed by atoms with Crippen molar-refractivity contribution < 1.29 is 37.1 Å². The van der Waals surface area contributed by atoms with E-state index in [4.69, 9.17) is 0 Å². The maximum Gasteiger partial charge on any atom is 0.433 e. The second kappa shape index (κ2) is 9.58. The van der Waals surface area contributed by atoms with Crippen LogP contribution in [0.1, 0.15) is 70.8 Å². The van der Waals surface area contributed by atoms with Gasteiger partial charge in [-0.3, -0.25) is 19.4 Å². The van der Waals surface area contributed by atoms with Gasteiger partial charge in [-0.15, -0.1) is 0 Å². The van der Waals surface area contributed by atoms with Crippen molar-refractivity contribution in [3.05, 3.63) is 59.1 Å². The highest BCUT2D eigenvalue weighted by atomic mass is 19.4. The third-order valence-corrected chi connectivity index (χ3v) is 7.94. The zero-order chi connectivity index (χ0) is 28.0. The summed E-state index contributed by atoms with van der Waals surface area (Å²) in [6, 6.07) is 3.23. The number of carbonyl (C=O) groups excluding carboxylic acids is 2. The normalized spacial score (nSPS) is 22.6. The van der Waals surface area contributed by atoms with Crippen molar-refractivity contribution >= 4 is 23.4 Å². The van der Waals surface area contributed by atoms with Crippen molar-refractivity contribution in [3.63, 3.8) is 0 Å². The first-order chi connectivity index (χ1) is 18.4. The van der Waals surface area contributed by atoms with E-state index in [0.29, 0.717) is 38.5 Å². The number of pyridine rings is 1. The van der Waals surface area contributed by atoms with Crippen LogP contribution in [0.15, 0.2) is 30.6 Å². The summed E-state index contributed by atoms with van der Waals surface area (Å²) >= 11 is 0. The summed E-state index contributed by atoms with van der Waals surface area (Å²) in [6.07, 6.45) is 0.738. The number of carboxylic acid groups (broad SMARTS) is 1. The number of amides is 2. The van der Waals surface area contributed by atoms with E-state index in [-0.39, 0.29) is 41.1 Å². The molecule has 0 unspecified atom stereocenters. The summed E-state index contributed by atoms with van der Waals surface area (Å²) < 4.78 is 54.1. The predicted octanol–water partition coefficient (Wildman–Crippen LogP) is 3.37. The third-order valence-electron chi connectivity index (χ3n) is 7.94. The number of rotatable bonds is 7. The first-order valence-electron chi connectivity index (χ1n) is 12.3. The molecule has 3 aromatic rings. The van der Waals surface area contributed by atoms with Crippen molar-refractivity contribution in [1.29, 1.82) is 0 Å². The lowest BCUT2D eigenvalue weighted by Crippen LogP contribution is -2.50. The second-order valence-corrected chi connectivity index (χ2v) is 10.3. The molecule has 3 saturated carbocycles. The average Bonchev–Trinajstić information content (AvgIpc) is 3.31. The fourth-order valence-electron chi connectivity index (χ4n) is 5.43. The van der Waals surface area contributed by atoms with Crippen LogP contribution in [-0.2, 0) is 17.5 Å². The number of nitrogens with one attached hydrogen (secondary N) is 2. The Balaban J connectivity index is 1.31. The van der Waals surface area contributed by atoms with Crippen LogP contribution in [0.5, 0.6) is 0 Å². The van der Waals surface area contributed by atoms with Gasteiger partial charge in [0.25, 0.3) is 11.8 Å². The largest absolute Gasteiger partial charge is 0.481 e. The molecule has 3 aliphatic carbocycles. The number of halogens is 4. The molecular weight excluding hydrogens is 524 g/mol. The molecule has 10 nitrogen and oxygen atoms in total. The van der Waals surface area contributed by atoms with E-state index in [0.717, 1.165) is 29.0 Å². The van der Waals surface area contributed by atoms with Gasteiger partial charge in [0.05, 0.1) is 11.6 Å². The van der Waals surface area contributed by atoms with Crippen molar-refractivity contribution in [3.8, 4) is 0 Å². The van der Waals surface area contributed by atoms with Crippen LogP contribution in [0.2, 0.25) is 0 Å². The van der Waals surface area contributed by atoms with Crippen LogP contribution >= 0.6 is 0 Å². The minimum atomic E-state index is -4.65. The third kappa shape index (κ3) is 5.02. The second-order valence-electron chi connectivity index (χ2n) is 10.3. The highest BCUT2D eigenvalue weighted by Gasteiger charge is 2.52. The highest BCUT2D eigenvalue weighted by Crippen LogP contribution is 2.56. The van der Waals surface area contributed by atoms with E-state index >= 15 is 0 Å². The van der Waals surface area contributed by atoms with Crippen LogP contribution in [0.3, 0.4) is 0 Å². The maximum atomic E-state index is 14.4. The topological polar surface area (TPSA) is 139 Å². The van der Waals surface area contributed by atoms with E-state index < -0.39 is 40.9 Å². The van der Waals surface area contributed by atoms with Crippen molar-refractivity contribution in [2.75, 3.05) is 6.54 Å². The molecule has 0 spiro atoms. The Morgan fingerprint density at radius 3 is 2.36 bits per heavy atom. The molecule has 3 aromatic heterocycles. The van der Waals surface area contributed by atoms with Gasteiger partial charge >= 0.3 is 12.1 Å². The van der Waals surface area contributed by atoms with E-state index in [2.05, 4.69) is 25.7 Å². The minimum absolute atomic E-state index is 0.131. The smallest absolute Gasteiger partial charge is 0.433 e. The summed E-state index contributed by atoms with van der Waals surface area (Å²) in [7, 11) is 0. The Labute approximate surface area is 218 Å². The van der Waals surface area contributed by atoms with Gasteiger partial charge in [0.15, 0.2) is 11.5 Å². The fourth-order valence-corrected chi connectivity index (χ4v) is 5.43. The number of nitrogens with zero attached hydrogens (tertiary/aromatic N) is 4. The molecule has 206 valence electrons. The lowest BCUT2D eigenvalue weighted by Gasteiger charge is -2.51. The Hall–Kier alpha value is -4.10. The van der Waals surface area contributed by atoms with Crippen LogP contribution in [-0.4, -0.2) is 49.0 Å². The molecule has 3 aliphatic rings. The summed E-state index contributed by atoms with van der Waals surface area (Å²) in [5.74, 6) is -3.11. The molecule has 39 heavy (non-hydrogen) atoms. The first kappa shape index (κ1) is 26.5. The standard InChI is InChI=1S/C25H24F4N6O4/c26-15-12-33-35-17(21(37)32-13-23-2-5-24(6-3-23,7-4-23)22(38)39)10-16(34-19(15)35)20(36)31-11-14-1-8-30-18(9-14)25(27,28)29/h1,8-10,12H,2-7,11,13H2,(H,31,36)(H,32,37)(H,38,39). The number of fused-ring (bicyclic) bond motifs is 4.